The van der Waals surface area contributed by atoms with E-state index < -0.39 is 21.6 Å². The van der Waals surface area contributed by atoms with Gasteiger partial charge in [0.05, 0.1) is 16.5 Å². The molecule has 4 nitrogen and oxygen atoms in total. The molecular weight excluding hydrogens is 464 g/mol. The monoisotopic (exact) mass is 502 g/mol. The van der Waals surface area contributed by atoms with Crippen molar-refractivity contribution in [2.75, 3.05) is 0 Å². The highest BCUT2D eigenvalue weighted by atomic mass is 32.2. The maximum absolute atomic E-state index is 14.4. The normalized spacial score (nSPS) is 17.5. The largest absolute Gasteiger partial charge is 0.266 e. The highest BCUT2D eigenvalue weighted by molar-refractivity contribution is 7.89. The number of nitrogens with zero attached hydrogens (tertiary/aromatic N) is 2. The zero-order valence-electron chi connectivity index (χ0n) is 22.8. The van der Waals surface area contributed by atoms with E-state index in [1.165, 1.54) is 0 Å². The fraction of sp³-hybridized carbons (Fsp3) is 0.387. The van der Waals surface area contributed by atoms with Crippen LogP contribution in [-0.4, -0.2) is 24.1 Å². The summed E-state index contributed by atoms with van der Waals surface area (Å²) in [4.78, 5) is 5.49. The number of aryl methyl sites for hydroxylation is 3. The van der Waals surface area contributed by atoms with Crippen LogP contribution in [-0.2, 0) is 10.0 Å². The van der Waals surface area contributed by atoms with E-state index in [1.54, 1.807) is 16.4 Å². The van der Waals surface area contributed by atoms with Gasteiger partial charge >= 0.3 is 0 Å². The van der Waals surface area contributed by atoms with Crippen LogP contribution < -0.4 is 0 Å². The second kappa shape index (κ2) is 9.19. The number of hydrogen-bond donors (Lipinski definition) is 0. The van der Waals surface area contributed by atoms with Crippen molar-refractivity contribution in [3.05, 3.63) is 100 Å². The Kier molecular flexibility index (Phi) is 6.67. The summed E-state index contributed by atoms with van der Waals surface area (Å²) in [7, 11) is -3.91. The molecular formula is C31H38N2O2S. The molecule has 0 radical (unpaired) electrons. The van der Waals surface area contributed by atoms with Crippen LogP contribution in [0.4, 0.5) is 0 Å². The summed E-state index contributed by atoms with van der Waals surface area (Å²) in [6, 6.07) is 20.8. The van der Waals surface area contributed by atoms with Crippen molar-refractivity contribution < 1.29 is 8.42 Å². The van der Waals surface area contributed by atoms with Gasteiger partial charge in [0.15, 0.2) is 0 Å². The first-order chi connectivity index (χ1) is 16.7. The molecule has 0 fully saturated rings. The topological polar surface area (TPSA) is 49.7 Å². The predicted octanol–water partition coefficient (Wildman–Crippen LogP) is 7.37. The highest BCUT2D eigenvalue weighted by Crippen LogP contribution is 2.44. The molecule has 36 heavy (non-hydrogen) atoms. The molecule has 0 amide bonds. The van der Waals surface area contributed by atoms with E-state index in [0.29, 0.717) is 5.84 Å². The molecule has 0 aromatic heterocycles. The Morgan fingerprint density at radius 3 is 2.03 bits per heavy atom. The molecule has 4 rings (SSSR count). The molecule has 0 bridgehead atoms. The third-order valence-electron chi connectivity index (χ3n) is 6.61. The molecule has 1 heterocycles. The highest BCUT2D eigenvalue weighted by Gasteiger charge is 2.45. The van der Waals surface area contributed by atoms with Gasteiger partial charge in [-0.25, -0.2) is 12.7 Å². The van der Waals surface area contributed by atoms with Gasteiger partial charge in [-0.3, -0.25) is 4.99 Å². The predicted molar refractivity (Wildman–Crippen MR) is 149 cm³/mol. The second-order valence-electron chi connectivity index (χ2n) is 11.9. The molecule has 3 aromatic rings. The van der Waals surface area contributed by atoms with Crippen molar-refractivity contribution in [3.8, 4) is 0 Å². The van der Waals surface area contributed by atoms with Gasteiger partial charge in [-0.15, -0.1) is 0 Å². The number of aliphatic imine (C=N–C) groups is 1. The van der Waals surface area contributed by atoms with Gasteiger partial charge in [0.2, 0.25) is 0 Å². The van der Waals surface area contributed by atoms with Gasteiger partial charge in [0.1, 0.15) is 5.84 Å². The Morgan fingerprint density at radius 2 is 1.42 bits per heavy atom. The fourth-order valence-electron chi connectivity index (χ4n) is 5.54. The standard InChI is InChI=1S/C31H38N2O2S/c1-21-13-16-24(17-14-21)36(34,35)33-28(25-18-15-22(2)19-23(25)3)26-11-9-10-12-27(26)29(33)32-31(7,8)20-30(4,5)6/h9-19,28H,20H2,1-8H3. The third kappa shape index (κ3) is 5.12. The summed E-state index contributed by atoms with van der Waals surface area (Å²) in [5.41, 5.74) is 5.63. The van der Waals surface area contributed by atoms with E-state index in [2.05, 4.69) is 66.7 Å². The Labute approximate surface area is 217 Å². The van der Waals surface area contributed by atoms with Crippen LogP contribution in [0.3, 0.4) is 0 Å². The molecule has 0 saturated heterocycles. The van der Waals surface area contributed by atoms with E-state index in [9.17, 15) is 8.42 Å². The molecule has 5 heteroatoms. The average Bonchev–Trinajstić information content (AvgIpc) is 3.06. The molecule has 0 spiro atoms. The lowest BCUT2D eigenvalue weighted by molar-refractivity contribution is 0.287. The number of hydrogen-bond acceptors (Lipinski definition) is 3. The quantitative estimate of drug-likeness (QED) is 0.366. The summed E-state index contributed by atoms with van der Waals surface area (Å²) in [5.74, 6) is 0.519. The third-order valence-corrected chi connectivity index (χ3v) is 8.38. The lowest BCUT2D eigenvalue weighted by atomic mass is 9.82. The van der Waals surface area contributed by atoms with E-state index in [0.717, 1.165) is 39.8 Å². The summed E-state index contributed by atoms with van der Waals surface area (Å²) in [6.07, 6.45) is 0.818. The summed E-state index contributed by atoms with van der Waals surface area (Å²) >= 11 is 0. The SMILES string of the molecule is Cc1ccc(S(=O)(=O)N2C(=NC(C)(C)CC(C)(C)C)c3ccccc3C2c2ccc(C)cc2C)cc1. The van der Waals surface area contributed by atoms with Gasteiger partial charge in [-0.05, 0) is 75.3 Å². The zero-order valence-corrected chi connectivity index (χ0v) is 23.6. The van der Waals surface area contributed by atoms with Gasteiger partial charge < -0.3 is 0 Å². The lowest BCUT2D eigenvalue weighted by Gasteiger charge is -2.33. The van der Waals surface area contributed by atoms with Crippen molar-refractivity contribution in [2.24, 2.45) is 10.4 Å². The zero-order chi connectivity index (χ0) is 26.5. The smallest absolute Gasteiger partial charge is 0.261 e. The molecule has 3 aromatic carbocycles. The van der Waals surface area contributed by atoms with Gasteiger partial charge in [0, 0.05) is 5.56 Å². The maximum atomic E-state index is 14.4. The fourth-order valence-corrected chi connectivity index (χ4v) is 7.12. The Morgan fingerprint density at radius 1 is 0.806 bits per heavy atom. The molecule has 0 N–H and O–H groups in total. The summed E-state index contributed by atoms with van der Waals surface area (Å²) < 4.78 is 30.4. The van der Waals surface area contributed by atoms with Crippen molar-refractivity contribution in [1.82, 2.24) is 4.31 Å². The number of sulfonamides is 1. The summed E-state index contributed by atoms with van der Waals surface area (Å²) in [6.45, 7) is 16.8. The first-order valence-electron chi connectivity index (χ1n) is 12.6. The average molecular weight is 503 g/mol. The van der Waals surface area contributed by atoms with Crippen LogP contribution >= 0.6 is 0 Å². The summed E-state index contributed by atoms with van der Waals surface area (Å²) in [5, 5.41) is 0. The van der Waals surface area contributed by atoms with E-state index >= 15 is 0 Å². The van der Waals surface area contributed by atoms with Gasteiger partial charge in [-0.1, -0.05) is 86.5 Å². The molecule has 0 aliphatic carbocycles. The van der Waals surface area contributed by atoms with Crippen molar-refractivity contribution >= 4 is 15.9 Å². The second-order valence-corrected chi connectivity index (χ2v) is 13.8. The minimum absolute atomic E-state index is 0.0410. The van der Waals surface area contributed by atoms with Crippen molar-refractivity contribution in [3.63, 3.8) is 0 Å². The van der Waals surface area contributed by atoms with Crippen LogP contribution in [0.5, 0.6) is 0 Å². The number of amidine groups is 1. The maximum Gasteiger partial charge on any atom is 0.266 e. The molecule has 1 aliphatic rings. The molecule has 1 atom stereocenters. The minimum atomic E-state index is -3.91. The molecule has 1 unspecified atom stereocenters. The molecule has 1 aliphatic heterocycles. The molecule has 190 valence electrons. The van der Waals surface area contributed by atoms with E-state index in [-0.39, 0.29) is 10.3 Å². The first-order valence-corrected chi connectivity index (χ1v) is 14.0. The van der Waals surface area contributed by atoms with Crippen LogP contribution in [0.2, 0.25) is 0 Å². The van der Waals surface area contributed by atoms with Crippen LogP contribution in [0.25, 0.3) is 0 Å². The van der Waals surface area contributed by atoms with Crippen LogP contribution in [0.1, 0.15) is 80.5 Å². The van der Waals surface area contributed by atoms with E-state index in [4.69, 9.17) is 4.99 Å². The van der Waals surface area contributed by atoms with Crippen molar-refractivity contribution in [2.45, 2.75) is 78.3 Å². The minimum Gasteiger partial charge on any atom is -0.261 e. The van der Waals surface area contributed by atoms with Gasteiger partial charge in [0.25, 0.3) is 10.0 Å². The van der Waals surface area contributed by atoms with E-state index in [1.807, 2.05) is 43.3 Å². The van der Waals surface area contributed by atoms with Crippen LogP contribution in [0.15, 0.2) is 76.6 Å². The number of rotatable bonds is 5. The lowest BCUT2D eigenvalue weighted by Crippen LogP contribution is -2.38. The number of fused-ring (bicyclic) bond motifs is 1. The Hall–Kier alpha value is -2.92. The van der Waals surface area contributed by atoms with Crippen molar-refractivity contribution in [1.29, 1.82) is 0 Å². The van der Waals surface area contributed by atoms with Gasteiger partial charge in [-0.2, -0.15) is 0 Å². The first kappa shape index (κ1) is 26.2. The Bertz CT molecular complexity index is 1410. The Balaban J connectivity index is 2.02. The molecule has 0 saturated carbocycles. The number of benzene rings is 3. The van der Waals surface area contributed by atoms with Crippen LogP contribution in [0, 0.1) is 26.2 Å².